The van der Waals surface area contributed by atoms with Crippen LogP contribution in [-0.2, 0) is 11.0 Å². The molecule has 2 rings (SSSR count). The van der Waals surface area contributed by atoms with Crippen LogP contribution in [0.25, 0.3) is 0 Å². The molecule has 0 saturated carbocycles. The molecule has 1 unspecified atom stereocenters. The molecule has 0 radical (unpaired) electrons. The van der Waals surface area contributed by atoms with Crippen LogP contribution in [0.2, 0.25) is 18.1 Å². The van der Waals surface area contributed by atoms with E-state index in [0.29, 0.717) is 11.0 Å². The molecule has 1 heterocycles. The fourth-order valence-electron chi connectivity index (χ4n) is 3.00. The lowest BCUT2D eigenvalue weighted by atomic mass is 9.94. The summed E-state index contributed by atoms with van der Waals surface area (Å²) in [7, 11) is -1.61. The molecule has 0 N–H and O–H groups in total. The van der Waals surface area contributed by atoms with Gasteiger partial charge in [-0.25, -0.2) is 0 Å². The summed E-state index contributed by atoms with van der Waals surface area (Å²) in [6.45, 7) is 18.5. The van der Waals surface area contributed by atoms with Crippen molar-refractivity contribution in [2.24, 2.45) is 11.8 Å². The molecule has 0 aliphatic carbocycles. The molecule has 1 fully saturated rings. The van der Waals surface area contributed by atoms with Gasteiger partial charge in [0.25, 0.3) is 0 Å². The minimum Gasteiger partial charge on any atom is -0.417 e. The second-order valence-corrected chi connectivity index (χ2v) is 13.6. The molecule has 1 aliphatic rings. The summed E-state index contributed by atoms with van der Waals surface area (Å²) in [5.41, 5.74) is 1.43. The monoisotopic (exact) mass is 333 g/mol. The highest BCUT2D eigenvalue weighted by Crippen LogP contribution is 2.37. The molecule has 1 aromatic carbocycles. The number of rotatable bonds is 6. The fourth-order valence-corrected chi connectivity index (χ4v) is 4.12. The first-order chi connectivity index (χ1) is 10.7. The smallest absolute Gasteiger partial charge is 0.191 e. The largest absolute Gasteiger partial charge is 0.417 e. The van der Waals surface area contributed by atoms with E-state index in [2.05, 4.69) is 76.0 Å². The highest BCUT2D eigenvalue weighted by atomic mass is 28.4. The number of nitrogens with zero attached hydrogens (tertiary/aromatic N) is 1. The fraction of sp³-hybridized carbons (Fsp3) is 0.700. The summed E-state index contributed by atoms with van der Waals surface area (Å²) in [5, 5.41) is 0.307. The highest BCUT2D eigenvalue weighted by molar-refractivity contribution is 6.74. The number of hydrogen-bond donors (Lipinski definition) is 0. The van der Waals surface area contributed by atoms with Crippen LogP contribution in [0.1, 0.15) is 39.7 Å². The second-order valence-electron chi connectivity index (χ2n) is 8.82. The Kier molecular flexibility index (Phi) is 6.09. The van der Waals surface area contributed by atoms with Gasteiger partial charge >= 0.3 is 0 Å². The van der Waals surface area contributed by atoms with E-state index in [1.54, 1.807) is 0 Å². The van der Waals surface area contributed by atoms with Gasteiger partial charge in [-0.2, -0.15) is 0 Å². The van der Waals surface area contributed by atoms with Crippen molar-refractivity contribution >= 4 is 8.32 Å². The van der Waals surface area contributed by atoms with Gasteiger partial charge in [0.05, 0.1) is 0 Å². The van der Waals surface area contributed by atoms with Crippen LogP contribution in [0.15, 0.2) is 30.3 Å². The van der Waals surface area contributed by atoms with Gasteiger partial charge in [0, 0.05) is 19.7 Å². The quantitative estimate of drug-likeness (QED) is 0.666. The molecule has 0 amide bonds. The van der Waals surface area contributed by atoms with Crippen molar-refractivity contribution in [3.8, 4) is 0 Å². The summed E-state index contributed by atoms with van der Waals surface area (Å²) in [6, 6.07) is 10.8. The number of benzene rings is 1. The van der Waals surface area contributed by atoms with Crippen LogP contribution in [0.5, 0.6) is 0 Å². The van der Waals surface area contributed by atoms with Crippen LogP contribution >= 0.6 is 0 Å². The van der Waals surface area contributed by atoms with Crippen LogP contribution in [0, 0.1) is 11.8 Å². The summed E-state index contributed by atoms with van der Waals surface area (Å²) < 4.78 is 6.44. The normalized spacial score (nSPS) is 21.6. The van der Waals surface area contributed by atoms with Crippen molar-refractivity contribution in [2.75, 3.05) is 19.7 Å². The summed E-state index contributed by atoms with van der Waals surface area (Å²) in [4.78, 5) is 2.60. The lowest BCUT2D eigenvalue weighted by Crippen LogP contribution is -2.42. The minimum atomic E-state index is -1.61. The average Bonchev–Trinajstić information content (AvgIpc) is 2.93. The van der Waals surface area contributed by atoms with Crippen molar-refractivity contribution in [3.63, 3.8) is 0 Å². The van der Waals surface area contributed by atoms with Gasteiger partial charge in [0.2, 0.25) is 0 Å². The van der Waals surface area contributed by atoms with E-state index in [0.717, 1.165) is 19.1 Å². The molecule has 2 atom stereocenters. The third-order valence-electron chi connectivity index (χ3n) is 5.88. The molecular weight excluding hydrogens is 298 g/mol. The Bertz CT molecular complexity index is 480. The molecule has 23 heavy (non-hydrogen) atoms. The van der Waals surface area contributed by atoms with Crippen molar-refractivity contribution in [3.05, 3.63) is 35.9 Å². The third kappa shape index (κ3) is 5.17. The molecule has 3 heteroatoms. The molecular formula is C20H35NOSi. The van der Waals surface area contributed by atoms with E-state index in [4.69, 9.17) is 4.43 Å². The zero-order valence-electron chi connectivity index (χ0n) is 15.9. The van der Waals surface area contributed by atoms with Gasteiger partial charge in [-0.1, -0.05) is 58.0 Å². The van der Waals surface area contributed by atoms with Gasteiger partial charge in [-0.05, 0) is 48.5 Å². The molecule has 0 bridgehead atoms. The zero-order valence-corrected chi connectivity index (χ0v) is 16.9. The standard InChI is InChI=1S/C20H35NOSi/c1-17(16-22-23(5,6)20(2,3)4)19-12-13-21(15-19)14-18-10-8-7-9-11-18/h7-11,17,19H,12-16H2,1-6H3/t17-,19?/m0/s1. The van der Waals surface area contributed by atoms with Crippen LogP contribution < -0.4 is 0 Å². The second kappa shape index (κ2) is 7.50. The summed E-state index contributed by atoms with van der Waals surface area (Å²) >= 11 is 0. The van der Waals surface area contributed by atoms with Gasteiger partial charge in [-0.15, -0.1) is 0 Å². The van der Waals surface area contributed by atoms with Gasteiger partial charge in [0.15, 0.2) is 8.32 Å². The van der Waals surface area contributed by atoms with Crippen molar-refractivity contribution < 1.29 is 4.43 Å². The number of likely N-dealkylation sites (tertiary alicyclic amines) is 1. The predicted molar refractivity (Wildman–Crippen MR) is 102 cm³/mol. The van der Waals surface area contributed by atoms with Crippen LogP contribution in [0.4, 0.5) is 0 Å². The first-order valence-corrected chi connectivity index (χ1v) is 12.0. The predicted octanol–water partition coefficient (Wildman–Crippen LogP) is 5.17. The Hall–Kier alpha value is -0.643. The first kappa shape index (κ1) is 18.7. The zero-order chi connectivity index (χ0) is 17.1. The maximum atomic E-state index is 6.44. The van der Waals surface area contributed by atoms with E-state index >= 15 is 0 Å². The Morgan fingerprint density at radius 3 is 2.48 bits per heavy atom. The molecule has 2 nitrogen and oxygen atoms in total. The van der Waals surface area contributed by atoms with Crippen LogP contribution in [0.3, 0.4) is 0 Å². The van der Waals surface area contributed by atoms with Gasteiger partial charge in [-0.3, -0.25) is 4.90 Å². The third-order valence-corrected chi connectivity index (χ3v) is 10.4. The van der Waals surface area contributed by atoms with E-state index in [-0.39, 0.29) is 0 Å². The Labute approximate surface area is 144 Å². The Morgan fingerprint density at radius 1 is 1.22 bits per heavy atom. The Balaban J connectivity index is 1.80. The van der Waals surface area contributed by atoms with Crippen molar-refractivity contribution in [1.82, 2.24) is 4.90 Å². The lowest BCUT2D eigenvalue weighted by molar-refractivity contribution is 0.188. The lowest BCUT2D eigenvalue weighted by Gasteiger charge is -2.37. The number of hydrogen-bond acceptors (Lipinski definition) is 2. The van der Waals surface area contributed by atoms with E-state index in [9.17, 15) is 0 Å². The topological polar surface area (TPSA) is 12.5 Å². The van der Waals surface area contributed by atoms with Crippen molar-refractivity contribution in [2.45, 2.75) is 58.8 Å². The van der Waals surface area contributed by atoms with Gasteiger partial charge < -0.3 is 4.43 Å². The molecule has 130 valence electrons. The molecule has 1 aromatic rings. The van der Waals surface area contributed by atoms with E-state index < -0.39 is 8.32 Å². The van der Waals surface area contributed by atoms with Crippen molar-refractivity contribution in [1.29, 1.82) is 0 Å². The van der Waals surface area contributed by atoms with Gasteiger partial charge in [0.1, 0.15) is 0 Å². The minimum absolute atomic E-state index is 0.307. The SMILES string of the molecule is C[C@@H](CO[Si](C)(C)C(C)(C)C)C1CCN(Cc2ccccc2)C1. The average molecular weight is 334 g/mol. The Morgan fingerprint density at radius 2 is 1.87 bits per heavy atom. The molecule has 1 saturated heterocycles. The van der Waals surface area contributed by atoms with E-state index in [1.807, 2.05) is 0 Å². The van der Waals surface area contributed by atoms with E-state index in [1.165, 1.54) is 25.1 Å². The maximum absolute atomic E-state index is 6.44. The molecule has 0 spiro atoms. The molecule has 1 aliphatic heterocycles. The summed E-state index contributed by atoms with van der Waals surface area (Å²) in [6.07, 6.45) is 1.31. The van der Waals surface area contributed by atoms with Crippen LogP contribution in [-0.4, -0.2) is 32.9 Å². The highest BCUT2D eigenvalue weighted by Gasteiger charge is 2.38. The first-order valence-electron chi connectivity index (χ1n) is 9.09. The summed E-state index contributed by atoms with van der Waals surface area (Å²) in [5.74, 6) is 1.44. The maximum Gasteiger partial charge on any atom is 0.191 e. The molecule has 0 aromatic heterocycles.